The van der Waals surface area contributed by atoms with Gasteiger partial charge in [-0.1, -0.05) is 0 Å². The predicted octanol–water partition coefficient (Wildman–Crippen LogP) is 1.15. The molecule has 0 fully saturated rings. The molecule has 5 heteroatoms. The van der Waals surface area contributed by atoms with Gasteiger partial charge in [0.2, 0.25) is 5.91 Å². The Balaban J connectivity index is 2.72. The van der Waals surface area contributed by atoms with Crippen LogP contribution in [-0.2, 0) is 14.3 Å². The zero-order valence-electron chi connectivity index (χ0n) is 8.96. The molecule has 0 atom stereocenters. The first-order valence-electron chi connectivity index (χ1n) is 4.51. The summed E-state index contributed by atoms with van der Waals surface area (Å²) in [5, 5.41) is 2.61. The highest BCUT2D eigenvalue weighted by molar-refractivity contribution is 6.08. The van der Waals surface area contributed by atoms with Gasteiger partial charge in [0.05, 0.1) is 12.8 Å². The number of aromatic amines is 1. The largest absolute Gasteiger partial charge is 0.468 e. The second kappa shape index (κ2) is 4.16. The molecule has 82 valence electrons. The van der Waals surface area contributed by atoms with E-state index in [1.165, 1.54) is 21.0 Å². The lowest BCUT2D eigenvalue weighted by molar-refractivity contribution is -0.154. The highest BCUT2D eigenvalue weighted by atomic mass is 16.5. The third-order valence-electron chi connectivity index (χ3n) is 2.12. The molecule has 0 aliphatic carbocycles. The summed E-state index contributed by atoms with van der Waals surface area (Å²) in [5.74, 6) is -0.954. The van der Waals surface area contributed by atoms with Crippen LogP contribution in [0.1, 0.15) is 13.8 Å². The fourth-order valence-electron chi connectivity index (χ4n) is 1.04. The van der Waals surface area contributed by atoms with Gasteiger partial charge in [-0.15, -0.1) is 0 Å². The predicted molar refractivity (Wildman–Crippen MR) is 55.2 cm³/mol. The molecule has 0 aliphatic rings. The van der Waals surface area contributed by atoms with Gasteiger partial charge < -0.3 is 15.0 Å². The van der Waals surface area contributed by atoms with E-state index in [-0.39, 0.29) is 0 Å². The second-order valence-electron chi connectivity index (χ2n) is 3.67. The van der Waals surface area contributed by atoms with E-state index in [1.54, 1.807) is 18.5 Å². The molecule has 1 heterocycles. The molecule has 15 heavy (non-hydrogen) atoms. The van der Waals surface area contributed by atoms with E-state index < -0.39 is 17.3 Å². The van der Waals surface area contributed by atoms with Crippen molar-refractivity contribution in [2.24, 2.45) is 5.41 Å². The molecule has 1 rings (SSSR count). The molecule has 0 aromatic carbocycles. The van der Waals surface area contributed by atoms with E-state index in [0.29, 0.717) is 5.69 Å². The highest BCUT2D eigenvalue weighted by Gasteiger charge is 2.37. The van der Waals surface area contributed by atoms with Crippen LogP contribution in [0.5, 0.6) is 0 Å². The van der Waals surface area contributed by atoms with Gasteiger partial charge in [-0.05, 0) is 19.9 Å². The molecule has 0 spiro atoms. The number of hydrogen-bond acceptors (Lipinski definition) is 3. The molecule has 0 bridgehead atoms. The summed E-state index contributed by atoms with van der Waals surface area (Å²) in [6.45, 7) is 3.03. The van der Waals surface area contributed by atoms with E-state index in [2.05, 4.69) is 15.0 Å². The Hall–Kier alpha value is -1.78. The third kappa shape index (κ3) is 2.37. The Bertz CT molecular complexity index is 355. The van der Waals surface area contributed by atoms with Crippen LogP contribution in [0.3, 0.4) is 0 Å². The van der Waals surface area contributed by atoms with Gasteiger partial charge in [0, 0.05) is 12.4 Å². The van der Waals surface area contributed by atoms with Crippen LogP contribution in [0.4, 0.5) is 5.69 Å². The third-order valence-corrected chi connectivity index (χ3v) is 2.12. The molecule has 0 radical (unpaired) electrons. The standard InChI is InChI=1S/C10H14N2O3/c1-10(2,9(14)15-3)8(13)12-7-4-5-11-6-7/h4-6,11H,1-3H3,(H,12,13). The molecule has 1 amide bonds. The Kier molecular flexibility index (Phi) is 3.14. The maximum atomic E-state index is 11.7. The Morgan fingerprint density at radius 3 is 2.60 bits per heavy atom. The van der Waals surface area contributed by atoms with Gasteiger partial charge >= 0.3 is 5.97 Å². The molecule has 2 N–H and O–H groups in total. The zero-order valence-corrected chi connectivity index (χ0v) is 8.96. The molecular weight excluding hydrogens is 196 g/mol. The lowest BCUT2D eigenvalue weighted by atomic mass is 9.92. The minimum Gasteiger partial charge on any atom is -0.468 e. The normalized spacial score (nSPS) is 10.9. The first kappa shape index (κ1) is 11.3. The van der Waals surface area contributed by atoms with Crippen molar-refractivity contribution in [3.8, 4) is 0 Å². The van der Waals surface area contributed by atoms with Gasteiger partial charge in [0.25, 0.3) is 0 Å². The molecule has 1 aromatic heterocycles. The van der Waals surface area contributed by atoms with Crippen molar-refractivity contribution in [2.45, 2.75) is 13.8 Å². The SMILES string of the molecule is COC(=O)C(C)(C)C(=O)Nc1cc[nH]c1. The number of anilines is 1. The van der Waals surface area contributed by atoms with Crippen LogP contribution in [-0.4, -0.2) is 24.0 Å². The molecular formula is C10H14N2O3. The maximum Gasteiger partial charge on any atom is 0.320 e. The number of hydrogen-bond donors (Lipinski definition) is 2. The van der Waals surface area contributed by atoms with Gasteiger partial charge in [0.1, 0.15) is 5.41 Å². The van der Waals surface area contributed by atoms with E-state index in [1.807, 2.05) is 0 Å². The molecule has 5 nitrogen and oxygen atoms in total. The minimum atomic E-state index is -1.19. The van der Waals surface area contributed by atoms with Crippen molar-refractivity contribution < 1.29 is 14.3 Å². The number of rotatable bonds is 3. The highest BCUT2D eigenvalue weighted by Crippen LogP contribution is 2.19. The van der Waals surface area contributed by atoms with Crippen LogP contribution in [0.2, 0.25) is 0 Å². The summed E-state index contributed by atoms with van der Waals surface area (Å²) < 4.78 is 4.55. The maximum absolute atomic E-state index is 11.7. The van der Waals surface area contributed by atoms with Crippen LogP contribution in [0, 0.1) is 5.41 Å². The fraction of sp³-hybridized carbons (Fsp3) is 0.400. The quantitative estimate of drug-likeness (QED) is 0.580. The van der Waals surface area contributed by atoms with Crippen LogP contribution in [0.25, 0.3) is 0 Å². The van der Waals surface area contributed by atoms with Gasteiger partial charge in [-0.2, -0.15) is 0 Å². The molecule has 0 saturated heterocycles. The van der Waals surface area contributed by atoms with E-state index in [0.717, 1.165) is 0 Å². The average molecular weight is 210 g/mol. The van der Waals surface area contributed by atoms with Crippen molar-refractivity contribution >= 4 is 17.6 Å². The number of carbonyl (C=O) groups excluding carboxylic acids is 2. The smallest absolute Gasteiger partial charge is 0.320 e. The first-order chi connectivity index (χ1) is 6.98. The number of ether oxygens (including phenoxy) is 1. The topological polar surface area (TPSA) is 71.2 Å². The van der Waals surface area contributed by atoms with Crippen LogP contribution < -0.4 is 5.32 Å². The van der Waals surface area contributed by atoms with Gasteiger partial charge in [-0.25, -0.2) is 0 Å². The summed E-state index contributed by atoms with van der Waals surface area (Å²) in [7, 11) is 1.26. The average Bonchev–Trinajstić information content (AvgIpc) is 2.68. The number of methoxy groups -OCH3 is 1. The molecule has 1 aromatic rings. The van der Waals surface area contributed by atoms with E-state index in [9.17, 15) is 9.59 Å². The summed E-state index contributed by atoms with van der Waals surface area (Å²) in [6, 6.07) is 1.70. The number of nitrogens with one attached hydrogen (secondary N) is 2. The summed E-state index contributed by atoms with van der Waals surface area (Å²) in [5.41, 5.74) is -0.566. The van der Waals surface area contributed by atoms with Crippen molar-refractivity contribution in [1.82, 2.24) is 4.98 Å². The number of esters is 1. The summed E-state index contributed by atoms with van der Waals surface area (Å²) in [4.78, 5) is 25.8. The van der Waals surface area contributed by atoms with Gasteiger partial charge in [-0.3, -0.25) is 9.59 Å². The van der Waals surface area contributed by atoms with Crippen LogP contribution in [0.15, 0.2) is 18.5 Å². The number of amides is 1. The zero-order chi connectivity index (χ0) is 11.5. The van der Waals surface area contributed by atoms with Crippen LogP contribution >= 0.6 is 0 Å². The number of H-pyrrole nitrogens is 1. The number of aromatic nitrogens is 1. The minimum absolute atomic E-state index is 0.394. The number of carbonyl (C=O) groups is 2. The lowest BCUT2D eigenvalue weighted by Gasteiger charge is -2.19. The van der Waals surface area contributed by atoms with Crippen molar-refractivity contribution in [2.75, 3.05) is 12.4 Å². The van der Waals surface area contributed by atoms with Gasteiger partial charge in [0.15, 0.2) is 0 Å². The first-order valence-corrected chi connectivity index (χ1v) is 4.51. The van der Waals surface area contributed by atoms with E-state index >= 15 is 0 Å². The molecule has 0 aliphatic heterocycles. The van der Waals surface area contributed by atoms with E-state index in [4.69, 9.17) is 0 Å². The summed E-state index contributed by atoms with van der Waals surface area (Å²) >= 11 is 0. The summed E-state index contributed by atoms with van der Waals surface area (Å²) in [6.07, 6.45) is 3.31. The lowest BCUT2D eigenvalue weighted by Crippen LogP contribution is -2.38. The second-order valence-corrected chi connectivity index (χ2v) is 3.67. The molecule has 0 unspecified atom stereocenters. The van der Waals surface area contributed by atoms with Crippen molar-refractivity contribution in [3.05, 3.63) is 18.5 Å². The van der Waals surface area contributed by atoms with Crippen molar-refractivity contribution in [1.29, 1.82) is 0 Å². The Morgan fingerprint density at radius 2 is 2.13 bits per heavy atom. The Labute approximate surface area is 87.8 Å². The fourth-order valence-corrected chi connectivity index (χ4v) is 1.04. The van der Waals surface area contributed by atoms with Crippen molar-refractivity contribution in [3.63, 3.8) is 0 Å². The monoisotopic (exact) mass is 210 g/mol. The molecule has 0 saturated carbocycles. The Morgan fingerprint density at radius 1 is 1.47 bits per heavy atom.